The van der Waals surface area contributed by atoms with E-state index in [1.165, 1.54) is 0 Å². The minimum atomic E-state index is -0.552. The molecule has 1 unspecified atom stereocenters. The number of nitrogens with one attached hydrogen (secondary N) is 2. The first-order valence-corrected chi connectivity index (χ1v) is 6.52. The second-order valence-corrected chi connectivity index (χ2v) is 4.59. The van der Waals surface area contributed by atoms with Crippen LogP contribution in [0.25, 0.3) is 0 Å². The van der Waals surface area contributed by atoms with Crippen LogP contribution in [0.15, 0.2) is 54.6 Å². The summed E-state index contributed by atoms with van der Waals surface area (Å²) in [5, 5.41) is 15.0. The van der Waals surface area contributed by atoms with Crippen molar-refractivity contribution in [1.82, 2.24) is 5.32 Å². The van der Waals surface area contributed by atoms with E-state index in [9.17, 15) is 9.90 Å². The molecule has 0 aromatic heterocycles. The Kier molecular flexibility index (Phi) is 4.74. The van der Waals surface area contributed by atoms with Gasteiger partial charge in [-0.2, -0.15) is 0 Å². The third kappa shape index (κ3) is 4.10. The van der Waals surface area contributed by atoms with Crippen LogP contribution < -0.4 is 10.6 Å². The molecule has 104 valence electrons. The van der Waals surface area contributed by atoms with Crippen LogP contribution in [0.3, 0.4) is 0 Å². The van der Waals surface area contributed by atoms with Crippen molar-refractivity contribution in [2.24, 2.45) is 0 Å². The molecule has 0 saturated carbocycles. The Bertz CT molecular complexity index is 568. The summed E-state index contributed by atoms with van der Waals surface area (Å²) < 4.78 is 0. The molecule has 2 rings (SSSR count). The number of aliphatic hydroxyl groups excluding tert-OH is 1. The average molecular weight is 270 g/mol. The lowest BCUT2D eigenvalue weighted by atomic mass is 10.1. The fraction of sp³-hybridized carbons (Fsp3) is 0.188. The number of carbonyl (C=O) groups is 1. The Morgan fingerprint density at radius 2 is 1.90 bits per heavy atom. The molecule has 4 heteroatoms. The van der Waals surface area contributed by atoms with E-state index in [4.69, 9.17) is 0 Å². The highest BCUT2D eigenvalue weighted by Gasteiger charge is 2.04. The van der Waals surface area contributed by atoms with Gasteiger partial charge in [0.2, 0.25) is 0 Å². The summed E-state index contributed by atoms with van der Waals surface area (Å²) in [6, 6.07) is 16.6. The van der Waals surface area contributed by atoms with Gasteiger partial charge in [0, 0.05) is 12.2 Å². The summed E-state index contributed by atoms with van der Waals surface area (Å²) >= 11 is 0. The molecule has 0 fully saturated rings. The van der Waals surface area contributed by atoms with Gasteiger partial charge < -0.3 is 15.7 Å². The Balaban J connectivity index is 1.90. The Hall–Kier alpha value is -2.33. The molecule has 2 aromatic rings. The van der Waals surface area contributed by atoms with Crippen molar-refractivity contribution < 1.29 is 9.90 Å². The summed E-state index contributed by atoms with van der Waals surface area (Å²) in [4.78, 5) is 11.8. The predicted molar refractivity (Wildman–Crippen MR) is 79.4 cm³/mol. The largest absolute Gasteiger partial charge is 0.389 e. The molecule has 0 bridgehead atoms. The van der Waals surface area contributed by atoms with E-state index in [0.717, 1.165) is 11.1 Å². The van der Waals surface area contributed by atoms with Crippen molar-refractivity contribution in [1.29, 1.82) is 0 Å². The predicted octanol–water partition coefficient (Wildman–Crippen LogP) is 3.06. The molecule has 0 spiro atoms. The third-order valence-electron chi connectivity index (χ3n) is 2.92. The second-order valence-electron chi connectivity index (χ2n) is 4.59. The van der Waals surface area contributed by atoms with Gasteiger partial charge in [0.1, 0.15) is 0 Å². The first kappa shape index (κ1) is 14.1. The molecule has 4 nitrogen and oxygen atoms in total. The first-order valence-electron chi connectivity index (χ1n) is 6.52. The van der Waals surface area contributed by atoms with E-state index in [1.54, 1.807) is 25.1 Å². The minimum Gasteiger partial charge on any atom is -0.389 e. The topological polar surface area (TPSA) is 61.4 Å². The lowest BCUT2D eigenvalue weighted by molar-refractivity contribution is 0.199. The van der Waals surface area contributed by atoms with Gasteiger partial charge in [-0.3, -0.25) is 0 Å². The monoisotopic (exact) mass is 270 g/mol. The lowest BCUT2D eigenvalue weighted by Crippen LogP contribution is -2.28. The zero-order valence-corrected chi connectivity index (χ0v) is 11.3. The van der Waals surface area contributed by atoms with E-state index in [2.05, 4.69) is 10.6 Å². The fourth-order valence-corrected chi connectivity index (χ4v) is 1.83. The van der Waals surface area contributed by atoms with E-state index in [-0.39, 0.29) is 6.03 Å². The number of carbonyl (C=O) groups excluding carboxylic acids is 1. The lowest BCUT2D eigenvalue weighted by Gasteiger charge is -2.10. The first-order chi connectivity index (χ1) is 9.65. The normalized spacial score (nSPS) is 11.7. The van der Waals surface area contributed by atoms with Crippen LogP contribution in [0, 0.1) is 0 Å². The molecule has 1 atom stereocenters. The van der Waals surface area contributed by atoms with Gasteiger partial charge in [-0.15, -0.1) is 0 Å². The molecule has 0 heterocycles. The highest BCUT2D eigenvalue weighted by molar-refractivity contribution is 5.89. The van der Waals surface area contributed by atoms with Crippen LogP contribution in [0.4, 0.5) is 10.5 Å². The van der Waals surface area contributed by atoms with Gasteiger partial charge in [0.25, 0.3) is 0 Å². The van der Waals surface area contributed by atoms with Crippen LogP contribution in [-0.2, 0) is 6.54 Å². The number of hydrogen-bond acceptors (Lipinski definition) is 2. The summed E-state index contributed by atoms with van der Waals surface area (Å²) in [5.74, 6) is 0. The summed E-state index contributed by atoms with van der Waals surface area (Å²) in [6.07, 6.45) is -0.552. The number of rotatable bonds is 4. The zero-order valence-electron chi connectivity index (χ0n) is 11.3. The van der Waals surface area contributed by atoms with Gasteiger partial charge >= 0.3 is 6.03 Å². The molecule has 0 aliphatic heterocycles. The summed E-state index contributed by atoms with van der Waals surface area (Å²) in [5.41, 5.74) is 2.47. The maximum atomic E-state index is 11.8. The van der Waals surface area contributed by atoms with Crippen LogP contribution in [0.2, 0.25) is 0 Å². The molecule has 0 radical (unpaired) electrons. The fourth-order valence-electron chi connectivity index (χ4n) is 1.83. The van der Waals surface area contributed by atoms with Crippen molar-refractivity contribution in [2.75, 3.05) is 5.32 Å². The van der Waals surface area contributed by atoms with E-state index >= 15 is 0 Å². The Morgan fingerprint density at radius 3 is 2.60 bits per heavy atom. The molecular formula is C16H18N2O2. The summed E-state index contributed by atoms with van der Waals surface area (Å²) in [7, 11) is 0. The number of aliphatic hydroxyl groups is 1. The number of amides is 2. The minimum absolute atomic E-state index is 0.267. The van der Waals surface area contributed by atoms with Crippen LogP contribution in [-0.4, -0.2) is 11.1 Å². The Labute approximate surface area is 118 Å². The van der Waals surface area contributed by atoms with E-state index in [1.807, 2.05) is 36.4 Å². The zero-order chi connectivity index (χ0) is 14.4. The van der Waals surface area contributed by atoms with Gasteiger partial charge in [0.15, 0.2) is 0 Å². The molecule has 2 aromatic carbocycles. The van der Waals surface area contributed by atoms with E-state index < -0.39 is 6.10 Å². The molecule has 20 heavy (non-hydrogen) atoms. The van der Waals surface area contributed by atoms with Crippen molar-refractivity contribution in [3.63, 3.8) is 0 Å². The number of benzene rings is 2. The smallest absolute Gasteiger partial charge is 0.319 e. The van der Waals surface area contributed by atoms with Crippen molar-refractivity contribution in [3.8, 4) is 0 Å². The van der Waals surface area contributed by atoms with Crippen molar-refractivity contribution >= 4 is 11.7 Å². The van der Waals surface area contributed by atoms with Gasteiger partial charge in [-0.25, -0.2) is 4.79 Å². The molecule has 0 aliphatic rings. The Morgan fingerprint density at radius 1 is 1.15 bits per heavy atom. The number of anilines is 1. The molecular weight excluding hydrogens is 252 g/mol. The maximum Gasteiger partial charge on any atom is 0.319 e. The number of urea groups is 1. The molecule has 2 amide bonds. The highest BCUT2D eigenvalue weighted by Crippen LogP contribution is 2.16. The van der Waals surface area contributed by atoms with Gasteiger partial charge in [-0.1, -0.05) is 42.5 Å². The standard InChI is InChI=1S/C16H18N2O2/c1-12(19)14-8-5-9-15(10-14)18-16(20)17-11-13-6-3-2-4-7-13/h2-10,12,19H,11H2,1H3,(H2,17,18,20). The SMILES string of the molecule is CC(O)c1cccc(NC(=O)NCc2ccccc2)c1. The van der Waals surface area contributed by atoms with Gasteiger partial charge in [-0.05, 0) is 30.2 Å². The highest BCUT2D eigenvalue weighted by atomic mass is 16.3. The van der Waals surface area contributed by atoms with Crippen LogP contribution >= 0.6 is 0 Å². The maximum absolute atomic E-state index is 11.8. The second kappa shape index (κ2) is 6.73. The summed E-state index contributed by atoms with van der Waals surface area (Å²) in [6.45, 7) is 2.16. The van der Waals surface area contributed by atoms with Crippen molar-refractivity contribution in [2.45, 2.75) is 19.6 Å². The number of hydrogen-bond donors (Lipinski definition) is 3. The van der Waals surface area contributed by atoms with E-state index in [0.29, 0.717) is 12.2 Å². The average Bonchev–Trinajstić information content (AvgIpc) is 2.46. The molecule has 3 N–H and O–H groups in total. The van der Waals surface area contributed by atoms with Gasteiger partial charge in [0.05, 0.1) is 6.10 Å². The third-order valence-corrected chi connectivity index (χ3v) is 2.92. The molecule has 0 saturated heterocycles. The molecule has 0 aliphatic carbocycles. The van der Waals surface area contributed by atoms with Crippen LogP contribution in [0.5, 0.6) is 0 Å². The van der Waals surface area contributed by atoms with Crippen molar-refractivity contribution in [3.05, 3.63) is 65.7 Å². The quantitative estimate of drug-likeness (QED) is 0.799. The van der Waals surface area contributed by atoms with Crippen LogP contribution in [0.1, 0.15) is 24.2 Å².